The molecule has 0 aliphatic heterocycles. The summed E-state index contributed by atoms with van der Waals surface area (Å²) < 4.78 is 0. The highest BCUT2D eigenvalue weighted by Crippen LogP contribution is 2.14. The van der Waals surface area contributed by atoms with Gasteiger partial charge >= 0.3 is 5.97 Å². The Bertz CT molecular complexity index is 694. The number of aromatic hydroxyl groups is 1. The highest BCUT2D eigenvalue weighted by Gasteiger charge is 2.19. The van der Waals surface area contributed by atoms with Crippen molar-refractivity contribution in [3.05, 3.63) is 53.6 Å². The molecule has 1 aromatic carbocycles. The molecule has 0 spiro atoms. The van der Waals surface area contributed by atoms with Crippen molar-refractivity contribution in [1.82, 2.24) is 5.32 Å². The van der Waals surface area contributed by atoms with Crippen molar-refractivity contribution in [2.24, 2.45) is 5.92 Å². The Morgan fingerprint density at radius 1 is 1.07 bits per heavy atom. The van der Waals surface area contributed by atoms with E-state index >= 15 is 0 Å². The number of nitrogens with one attached hydrogen (secondary N) is 1. The number of phenols is 1. The molecule has 0 bridgehead atoms. The number of amides is 1. The predicted molar refractivity (Wildman–Crippen MR) is 114 cm³/mol. The summed E-state index contributed by atoms with van der Waals surface area (Å²) in [4.78, 5) is 23.6. The van der Waals surface area contributed by atoms with E-state index in [-0.39, 0.29) is 18.8 Å². The summed E-state index contributed by atoms with van der Waals surface area (Å²) >= 11 is 0. The molecule has 0 saturated carbocycles. The van der Waals surface area contributed by atoms with E-state index < -0.39 is 17.9 Å². The van der Waals surface area contributed by atoms with Crippen molar-refractivity contribution in [1.29, 1.82) is 0 Å². The molecular weight excluding hydrogens is 370 g/mol. The van der Waals surface area contributed by atoms with Gasteiger partial charge in [-0.3, -0.25) is 4.79 Å². The minimum atomic E-state index is -1.11. The van der Waals surface area contributed by atoms with Crippen LogP contribution in [-0.4, -0.2) is 39.8 Å². The van der Waals surface area contributed by atoms with Gasteiger partial charge in [0.25, 0.3) is 0 Å². The van der Waals surface area contributed by atoms with Crippen molar-refractivity contribution < 1.29 is 24.9 Å². The number of benzene rings is 1. The van der Waals surface area contributed by atoms with E-state index in [9.17, 15) is 19.8 Å². The first-order chi connectivity index (χ1) is 13.8. The molecule has 1 rings (SSSR count). The fourth-order valence-corrected chi connectivity index (χ4v) is 3.01. The number of hydrogen-bond acceptors (Lipinski definition) is 4. The maximum atomic E-state index is 12.1. The molecule has 4 N–H and O–H groups in total. The smallest absolute Gasteiger partial charge is 0.326 e. The van der Waals surface area contributed by atoms with Crippen molar-refractivity contribution in [2.45, 2.75) is 58.4 Å². The van der Waals surface area contributed by atoms with E-state index in [4.69, 9.17) is 5.11 Å². The molecule has 0 fully saturated rings. The van der Waals surface area contributed by atoms with E-state index in [1.807, 2.05) is 6.92 Å². The van der Waals surface area contributed by atoms with Crippen LogP contribution in [0.2, 0.25) is 0 Å². The molecule has 0 saturated heterocycles. The molecular formula is C23H33NO5. The van der Waals surface area contributed by atoms with E-state index in [1.165, 1.54) is 18.2 Å². The average Bonchev–Trinajstić information content (AvgIpc) is 2.67. The quantitative estimate of drug-likeness (QED) is 0.229. The zero-order valence-electron chi connectivity index (χ0n) is 17.3. The highest BCUT2D eigenvalue weighted by molar-refractivity contribution is 5.91. The van der Waals surface area contributed by atoms with Gasteiger partial charge in [0, 0.05) is 19.1 Å². The number of carboxylic acids is 1. The normalized spacial score (nSPS) is 14.0. The van der Waals surface area contributed by atoms with Gasteiger partial charge in [-0.1, -0.05) is 56.0 Å². The van der Waals surface area contributed by atoms with Crippen molar-refractivity contribution in [2.75, 3.05) is 6.61 Å². The summed E-state index contributed by atoms with van der Waals surface area (Å²) in [6.45, 7) is 4.29. The van der Waals surface area contributed by atoms with Gasteiger partial charge in [0.1, 0.15) is 11.8 Å². The number of phenolic OH excluding ortho intramolecular Hbond substituents is 1. The number of allylic oxidation sites excluding steroid dienone is 3. The number of aliphatic hydroxyl groups is 1. The Kier molecular flexibility index (Phi) is 11.4. The molecule has 0 aromatic heterocycles. The second-order valence-electron chi connectivity index (χ2n) is 7.42. The number of hydrogen-bond donors (Lipinski definition) is 4. The number of aliphatic carboxylic acids is 1. The van der Waals surface area contributed by atoms with Gasteiger partial charge in [-0.25, -0.2) is 4.79 Å². The third kappa shape index (κ3) is 11.1. The SMILES string of the molecule is CC(/C=C/C(=O)N[C@@H](Cc1ccc(O)cc1)C(=O)O)=C\[C@@H](C)CCCCCCO. The summed E-state index contributed by atoms with van der Waals surface area (Å²) in [6.07, 6.45) is 10.4. The van der Waals surface area contributed by atoms with Crippen LogP contribution in [0, 0.1) is 5.92 Å². The van der Waals surface area contributed by atoms with Crippen molar-refractivity contribution in [3.8, 4) is 5.75 Å². The Morgan fingerprint density at radius 3 is 2.34 bits per heavy atom. The summed E-state index contributed by atoms with van der Waals surface area (Å²) in [5.41, 5.74) is 1.66. The standard InChI is InChI=1S/C23H33NO5/c1-17(7-5-3-4-6-14-25)15-18(2)8-13-22(27)24-21(23(28)29)16-19-9-11-20(26)12-10-19/h8-13,15,17,21,25-26H,3-7,14,16H2,1-2H3,(H,24,27)(H,28,29)/b13-8+,18-15+/t17-,21-/m0/s1. The van der Waals surface area contributed by atoms with Gasteiger partial charge < -0.3 is 20.6 Å². The predicted octanol–water partition coefficient (Wildman–Crippen LogP) is 3.59. The van der Waals surface area contributed by atoms with Crippen LogP contribution in [-0.2, 0) is 16.0 Å². The topological polar surface area (TPSA) is 107 Å². The lowest BCUT2D eigenvalue weighted by Gasteiger charge is -2.13. The second-order valence-corrected chi connectivity index (χ2v) is 7.42. The number of aliphatic hydroxyl groups excluding tert-OH is 1. The minimum absolute atomic E-state index is 0.106. The van der Waals surface area contributed by atoms with Gasteiger partial charge in [0.15, 0.2) is 0 Å². The molecule has 29 heavy (non-hydrogen) atoms. The van der Waals surface area contributed by atoms with Crippen molar-refractivity contribution >= 4 is 11.9 Å². The van der Waals surface area contributed by atoms with Gasteiger partial charge in [-0.2, -0.15) is 0 Å². The third-order valence-electron chi connectivity index (χ3n) is 4.60. The molecule has 0 aliphatic carbocycles. The molecule has 0 radical (unpaired) electrons. The maximum Gasteiger partial charge on any atom is 0.326 e. The fraction of sp³-hybridized carbons (Fsp3) is 0.478. The Hall–Kier alpha value is -2.60. The van der Waals surface area contributed by atoms with Crippen molar-refractivity contribution in [3.63, 3.8) is 0 Å². The third-order valence-corrected chi connectivity index (χ3v) is 4.60. The Balaban J connectivity index is 2.51. The van der Waals surface area contributed by atoms with Crippen LogP contribution < -0.4 is 5.32 Å². The summed E-state index contributed by atoms with van der Waals surface area (Å²) in [6, 6.07) is 5.19. The highest BCUT2D eigenvalue weighted by atomic mass is 16.4. The lowest BCUT2D eigenvalue weighted by molar-refractivity contribution is -0.141. The Labute approximate surface area is 173 Å². The van der Waals surface area contributed by atoms with Crippen LogP contribution in [0.25, 0.3) is 0 Å². The number of unbranched alkanes of at least 4 members (excludes halogenated alkanes) is 3. The van der Waals surface area contributed by atoms with Crippen LogP contribution in [0.3, 0.4) is 0 Å². The summed E-state index contributed by atoms with van der Waals surface area (Å²) in [5.74, 6) is -1.07. The number of carbonyl (C=O) groups is 2. The van der Waals surface area contributed by atoms with Crippen LogP contribution in [0.1, 0.15) is 51.5 Å². The first kappa shape index (κ1) is 24.4. The fourth-order valence-electron chi connectivity index (χ4n) is 3.01. The zero-order chi connectivity index (χ0) is 21.6. The van der Waals surface area contributed by atoms with Crippen LogP contribution >= 0.6 is 0 Å². The molecule has 2 atom stereocenters. The lowest BCUT2D eigenvalue weighted by atomic mass is 10.00. The van der Waals surface area contributed by atoms with E-state index in [0.717, 1.165) is 37.7 Å². The lowest BCUT2D eigenvalue weighted by Crippen LogP contribution is -2.41. The molecule has 6 nitrogen and oxygen atoms in total. The molecule has 0 aliphatic rings. The van der Waals surface area contributed by atoms with Gasteiger partial charge in [0.05, 0.1) is 0 Å². The minimum Gasteiger partial charge on any atom is -0.508 e. The number of rotatable bonds is 13. The second kappa shape index (κ2) is 13.6. The molecule has 0 unspecified atom stereocenters. The van der Waals surface area contributed by atoms with Crippen LogP contribution in [0.15, 0.2) is 48.1 Å². The molecule has 6 heteroatoms. The first-order valence-electron chi connectivity index (χ1n) is 10.1. The van der Waals surface area contributed by atoms with Gasteiger partial charge in [0.2, 0.25) is 5.91 Å². The number of carboxylic acid groups (broad SMARTS) is 1. The van der Waals surface area contributed by atoms with E-state index in [1.54, 1.807) is 18.2 Å². The van der Waals surface area contributed by atoms with E-state index in [2.05, 4.69) is 18.3 Å². The molecule has 1 aromatic rings. The van der Waals surface area contributed by atoms with Gasteiger partial charge in [-0.15, -0.1) is 0 Å². The Morgan fingerprint density at radius 2 is 1.72 bits per heavy atom. The first-order valence-corrected chi connectivity index (χ1v) is 10.1. The van der Waals surface area contributed by atoms with Gasteiger partial charge in [-0.05, 0) is 43.4 Å². The van der Waals surface area contributed by atoms with E-state index in [0.29, 0.717) is 11.5 Å². The monoisotopic (exact) mass is 403 g/mol. The van der Waals surface area contributed by atoms with Crippen LogP contribution in [0.4, 0.5) is 0 Å². The molecule has 1 amide bonds. The maximum absolute atomic E-state index is 12.1. The molecule has 160 valence electrons. The zero-order valence-corrected chi connectivity index (χ0v) is 17.3. The van der Waals surface area contributed by atoms with Crippen LogP contribution in [0.5, 0.6) is 5.75 Å². The molecule has 0 heterocycles. The average molecular weight is 404 g/mol. The number of carbonyl (C=O) groups excluding carboxylic acids is 1. The summed E-state index contributed by atoms with van der Waals surface area (Å²) in [5, 5.41) is 29.9. The summed E-state index contributed by atoms with van der Waals surface area (Å²) in [7, 11) is 0. The largest absolute Gasteiger partial charge is 0.508 e.